The first-order valence-electron chi connectivity index (χ1n) is 10.3. The molecule has 0 radical (unpaired) electrons. The molecule has 0 fully saturated rings. The fourth-order valence-electron chi connectivity index (χ4n) is 3.95. The van der Waals surface area contributed by atoms with Crippen molar-refractivity contribution in [3.8, 4) is 11.1 Å². The topological polar surface area (TPSA) is 142 Å². The van der Waals surface area contributed by atoms with Crippen molar-refractivity contribution < 1.29 is 29.0 Å². The van der Waals surface area contributed by atoms with Gasteiger partial charge in [-0.2, -0.15) is 0 Å². The van der Waals surface area contributed by atoms with E-state index < -0.39 is 41.5 Å². The molecule has 0 spiro atoms. The van der Waals surface area contributed by atoms with Crippen LogP contribution >= 0.6 is 0 Å². The van der Waals surface area contributed by atoms with E-state index in [9.17, 15) is 19.5 Å². The summed E-state index contributed by atoms with van der Waals surface area (Å²) in [6.45, 7) is 4.55. The number of carboxylic acid groups (broad SMARTS) is 1. The van der Waals surface area contributed by atoms with Gasteiger partial charge < -0.3 is 26.0 Å². The second-order valence-electron chi connectivity index (χ2n) is 8.91. The first-order valence-corrected chi connectivity index (χ1v) is 10.3. The zero-order valence-corrected chi connectivity index (χ0v) is 18.3. The number of benzene rings is 2. The molecule has 0 unspecified atom stereocenters. The summed E-state index contributed by atoms with van der Waals surface area (Å²) >= 11 is 0. The molecule has 0 aromatic heterocycles. The van der Waals surface area contributed by atoms with Gasteiger partial charge in [-0.3, -0.25) is 14.4 Å². The van der Waals surface area contributed by atoms with Crippen molar-refractivity contribution in [3.05, 3.63) is 59.7 Å². The van der Waals surface area contributed by atoms with E-state index >= 15 is 0 Å². The Morgan fingerprint density at radius 2 is 1.44 bits per heavy atom. The number of hydrogen-bond acceptors (Lipinski definition) is 7. The van der Waals surface area contributed by atoms with Crippen LogP contribution in [0, 0.1) is 5.41 Å². The van der Waals surface area contributed by atoms with Crippen LogP contribution in [0.1, 0.15) is 44.2 Å². The standard InChI is InChI=1S/C24H28N2O6/c1-23(2,3)32-22(30)24(20(27)28,12-19(25)26)21(29)31-13-18-16-10-6-4-8-14(16)15-9-5-7-11-17(15)18/h4-11,18-19H,12-13,25-26H2,1-3H3,(H,27,28)/t24-/m1/s1. The van der Waals surface area contributed by atoms with Gasteiger partial charge in [-0.25, -0.2) is 0 Å². The molecule has 8 heteroatoms. The summed E-state index contributed by atoms with van der Waals surface area (Å²) in [5, 5.41) is 9.91. The van der Waals surface area contributed by atoms with Crippen molar-refractivity contribution in [3.63, 3.8) is 0 Å². The summed E-state index contributed by atoms with van der Waals surface area (Å²) in [5.74, 6) is -4.52. The van der Waals surface area contributed by atoms with Crippen LogP contribution in [0.4, 0.5) is 0 Å². The normalized spacial score (nSPS) is 14.9. The zero-order chi connectivity index (χ0) is 23.7. The number of fused-ring (bicyclic) bond motifs is 3. The SMILES string of the molecule is CC(C)(C)OC(=O)[C@](CC(N)N)(C(=O)O)C(=O)OCC1c2ccccc2-c2ccccc21. The maximum Gasteiger partial charge on any atom is 0.335 e. The lowest BCUT2D eigenvalue weighted by molar-refractivity contribution is -0.188. The molecule has 170 valence electrons. The van der Waals surface area contributed by atoms with Crippen LogP contribution in [0.25, 0.3) is 11.1 Å². The zero-order valence-electron chi connectivity index (χ0n) is 18.3. The van der Waals surface area contributed by atoms with E-state index in [0.717, 1.165) is 22.3 Å². The lowest BCUT2D eigenvalue weighted by Gasteiger charge is -2.30. The Kier molecular flexibility index (Phi) is 6.39. The highest BCUT2D eigenvalue weighted by Gasteiger charge is 2.58. The van der Waals surface area contributed by atoms with Crippen LogP contribution in [0.5, 0.6) is 0 Å². The molecule has 5 N–H and O–H groups in total. The minimum atomic E-state index is -2.67. The summed E-state index contributed by atoms with van der Waals surface area (Å²) < 4.78 is 10.7. The van der Waals surface area contributed by atoms with Crippen molar-refractivity contribution in [2.75, 3.05) is 6.61 Å². The second kappa shape index (κ2) is 8.72. The van der Waals surface area contributed by atoms with Crippen molar-refractivity contribution in [2.24, 2.45) is 16.9 Å². The monoisotopic (exact) mass is 440 g/mol. The van der Waals surface area contributed by atoms with Gasteiger partial charge in [0, 0.05) is 12.3 Å². The predicted octanol–water partition coefficient (Wildman–Crippen LogP) is 2.39. The molecule has 0 saturated heterocycles. The molecule has 2 aromatic carbocycles. The molecule has 2 aromatic rings. The summed E-state index contributed by atoms with van der Waals surface area (Å²) in [5.41, 5.74) is 11.4. The maximum absolute atomic E-state index is 13.1. The average Bonchev–Trinajstić information content (AvgIpc) is 3.02. The highest BCUT2D eigenvalue weighted by atomic mass is 16.6. The molecule has 0 heterocycles. The Bertz CT molecular complexity index is 997. The Morgan fingerprint density at radius 3 is 1.88 bits per heavy atom. The highest BCUT2D eigenvalue weighted by Crippen LogP contribution is 2.44. The maximum atomic E-state index is 13.1. The quantitative estimate of drug-likeness (QED) is 0.338. The van der Waals surface area contributed by atoms with Gasteiger partial charge >= 0.3 is 17.9 Å². The molecule has 3 rings (SSSR count). The van der Waals surface area contributed by atoms with Gasteiger partial charge in [0.2, 0.25) is 0 Å². The summed E-state index contributed by atoms with van der Waals surface area (Å²) in [7, 11) is 0. The third kappa shape index (κ3) is 4.37. The lowest BCUT2D eigenvalue weighted by atomic mass is 9.83. The number of rotatable bonds is 7. The summed E-state index contributed by atoms with van der Waals surface area (Å²) in [6.07, 6.45) is -1.91. The Labute approximate surface area is 186 Å². The minimum absolute atomic E-state index is 0.148. The smallest absolute Gasteiger partial charge is 0.335 e. The third-order valence-electron chi connectivity index (χ3n) is 5.35. The van der Waals surface area contributed by atoms with Gasteiger partial charge in [0.1, 0.15) is 12.2 Å². The summed E-state index contributed by atoms with van der Waals surface area (Å²) in [6, 6.07) is 15.4. The van der Waals surface area contributed by atoms with Gasteiger partial charge in [0.15, 0.2) is 0 Å². The summed E-state index contributed by atoms with van der Waals surface area (Å²) in [4.78, 5) is 38.2. The van der Waals surface area contributed by atoms with Crippen LogP contribution in [-0.2, 0) is 23.9 Å². The Morgan fingerprint density at radius 1 is 0.938 bits per heavy atom. The number of nitrogens with two attached hydrogens (primary N) is 2. The third-order valence-corrected chi connectivity index (χ3v) is 5.35. The number of carbonyl (C=O) groups is 3. The van der Waals surface area contributed by atoms with Crippen molar-refractivity contribution in [1.29, 1.82) is 0 Å². The van der Waals surface area contributed by atoms with Gasteiger partial charge in [0.25, 0.3) is 5.41 Å². The van der Waals surface area contributed by atoms with Crippen molar-refractivity contribution >= 4 is 17.9 Å². The number of carbonyl (C=O) groups excluding carboxylic acids is 2. The van der Waals surface area contributed by atoms with E-state index in [2.05, 4.69) is 0 Å². The van der Waals surface area contributed by atoms with Gasteiger partial charge in [-0.05, 0) is 43.0 Å². The van der Waals surface area contributed by atoms with Gasteiger partial charge in [-0.1, -0.05) is 48.5 Å². The van der Waals surface area contributed by atoms with E-state index in [0.29, 0.717) is 0 Å². The molecule has 0 bridgehead atoms. The van der Waals surface area contributed by atoms with Crippen LogP contribution in [-0.4, -0.2) is 41.4 Å². The van der Waals surface area contributed by atoms with E-state index in [4.69, 9.17) is 20.9 Å². The van der Waals surface area contributed by atoms with Crippen LogP contribution in [0.3, 0.4) is 0 Å². The van der Waals surface area contributed by atoms with Crippen LogP contribution in [0.15, 0.2) is 48.5 Å². The highest BCUT2D eigenvalue weighted by molar-refractivity contribution is 6.17. The van der Waals surface area contributed by atoms with Crippen LogP contribution in [0.2, 0.25) is 0 Å². The first-order chi connectivity index (χ1) is 15.0. The lowest BCUT2D eigenvalue weighted by Crippen LogP contribution is -2.54. The predicted molar refractivity (Wildman–Crippen MR) is 117 cm³/mol. The van der Waals surface area contributed by atoms with E-state index in [-0.39, 0.29) is 12.5 Å². The first kappa shape index (κ1) is 23.4. The molecule has 1 aliphatic carbocycles. The Balaban J connectivity index is 1.92. The van der Waals surface area contributed by atoms with Crippen molar-refractivity contribution in [1.82, 2.24) is 0 Å². The molecule has 1 aliphatic rings. The molecule has 1 atom stereocenters. The van der Waals surface area contributed by atoms with Crippen molar-refractivity contribution in [2.45, 2.75) is 44.9 Å². The van der Waals surface area contributed by atoms with Gasteiger partial charge in [-0.15, -0.1) is 0 Å². The van der Waals surface area contributed by atoms with E-state index in [1.807, 2.05) is 48.5 Å². The number of esters is 2. The molecule has 0 aliphatic heterocycles. The molecular formula is C24H28N2O6. The van der Waals surface area contributed by atoms with Crippen LogP contribution < -0.4 is 11.5 Å². The largest absolute Gasteiger partial charge is 0.480 e. The molecule has 32 heavy (non-hydrogen) atoms. The molecule has 0 saturated carbocycles. The fourth-order valence-corrected chi connectivity index (χ4v) is 3.95. The van der Waals surface area contributed by atoms with E-state index in [1.165, 1.54) is 0 Å². The number of carboxylic acids is 1. The number of hydrogen-bond donors (Lipinski definition) is 3. The number of ether oxygens (including phenoxy) is 2. The fraction of sp³-hybridized carbons (Fsp3) is 0.375. The second-order valence-corrected chi connectivity index (χ2v) is 8.91. The van der Waals surface area contributed by atoms with Gasteiger partial charge in [0.05, 0.1) is 6.17 Å². The molecular weight excluding hydrogens is 412 g/mol. The molecule has 0 amide bonds. The average molecular weight is 440 g/mol. The molecule has 8 nitrogen and oxygen atoms in total. The Hall–Kier alpha value is -3.23. The van der Waals surface area contributed by atoms with E-state index in [1.54, 1.807) is 20.8 Å². The number of aliphatic carboxylic acids is 1. The minimum Gasteiger partial charge on any atom is -0.480 e.